The van der Waals surface area contributed by atoms with Gasteiger partial charge in [-0.05, 0) is 67.6 Å². The van der Waals surface area contributed by atoms with Gasteiger partial charge >= 0.3 is 0 Å². The molecule has 3 aliphatic rings. The van der Waals surface area contributed by atoms with Crippen LogP contribution < -0.4 is 5.73 Å². The minimum Gasteiger partial charge on any atom is -0.399 e. The zero-order chi connectivity index (χ0) is 14.1. The molecule has 0 radical (unpaired) electrons. The van der Waals surface area contributed by atoms with Gasteiger partial charge in [-0.15, -0.1) is 0 Å². The molecule has 0 amide bonds. The van der Waals surface area contributed by atoms with Crippen LogP contribution in [0.25, 0.3) is 11.0 Å². The number of aromatic nitrogens is 2. The van der Waals surface area contributed by atoms with E-state index in [1.54, 1.807) is 0 Å². The van der Waals surface area contributed by atoms with E-state index in [2.05, 4.69) is 17.6 Å². The molecule has 21 heavy (non-hydrogen) atoms. The van der Waals surface area contributed by atoms with Crippen LogP contribution >= 0.6 is 0 Å². The summed E-state index contributed by atoms with van der Waals surface area (Å²) >= 11 is 0. The lowest BCUT2D eigenvalue weighted by atomic mass is 10.0. The lowest BCUT2D eigenvalue weighted by Crippen LogP contribution is -2.08. The molecule has 0 saturated heterocycles. The van der Waals surface area contributed by atoms with E-state index < -0.39 is 0 Å². The van der Waals surface area contributed by atoms with E-state index in [-0.39, 0.29) is 0 Å². The Morgan fingerprint density at radius 3 is 2.71 bits per heavy atom. The smallest absolute Gasteiger partial charge is 0.110 e. The summed E-state index contributed by atoms with van der Waals surface area (Å²) in [5.74, 6) is 5.21. The van der Waals surface area contributed by atoms with Crippen LogP contribution in [0, 0.1) is 23.7 Å². The summed E-state index contributed by atoms with van der Waals surface area (Å²) in [6.45, 7) is 2.25. The maximum atomic E-state index is 5.95. The SMILES string of the molecule is CCCc1nc2cc(N)ccc2n1C1C2C3CCC(C3)C21. The predicted molar refractivity (Wildman–Crippen MR) is 85.0 cm³/mol. The van der Waals surface area contributed by atoms with Crippen molar-refractivity contribution < 1.29 is 0 Å². The third-order valence-electron chi connectivity index (χ3n) is 6.25. The van der Waals surface area contributed by atoms with Crippen molar-refractivity contribution in [1.82, 2.24) is 9.55 Å². The summed E-state index contributed by atoms with van der Waals surface area (Å²) < 4.78 is 2.60. The molecule has 0 spiro atoms. The highest BCUT2D eigenvalue weighted by Crippen LogP contribution is 2.72. The molecule has 1 heterocycles. The van der Waals surface area contributed by atoms with Crippen molar-refractivity contribution in [2.24, 2.45) is 23.7 Å². The minimum atomic E-state index is 0.742. The summed E-state index contributed by atoms with van der Waals surface area (Å²) in [7, 11) is 0. The minimum absolute atomic E-state index is 0.742. The molecule has 1 aromatic heterocycles. The Balaban J connectivity index is 1.63. The fourth-order valence-electron chi connectivity index (χ4n) is 5.52. The number of nitrogen functional groups attached to an aromatic ring is 1. The molecule has 1 aromatic carbocycles. The third kappa shape index (κ3) is 1.52. The lowest BCUT2D eigenvalue weighted by molar-refractivity contribution is 0.451. The second-order valence-corrected chi connectivity index (χ2v) is 7.37. The molecule has 3 nitrogen and oxygen atoms in total. The Morgan fingerprint density at radius 1 is 1.24 bits per heavy atom. The van der Waals surface area contributed by atoms with Crippen LogP contribution in [0.3, 0.4) is 0 Å². The predicted octanol–water partition coefficient (Wildman–Crippen LogP) is 3.79. The van der Waals surface area contributed by atoms with Gasteiger partial charge < -0.3 is 10.3 Å². The molecule has 5 rings (SSSR count). The Morgan fingerprint density at radius 2 is 2.00 bits per heavy atom. The Hall–Kier alpha value is -1.51. The van der Waals surface area contributed by atoms with Gasteiger partial charge in [-0.3, -0.25) is 0 Å². The number of anilines is 1. The Labute approximate surface area is 125 Å². The van der Waals surface area contributed by atoms with Crippen molar-refractivity contribution in [3.05, 3.63) is 24.0 Å². The van der Waals surface area contributed by atoms with Gasteiger partial charge in [-0.1, -0.05) is 6.92 Å². The molecule has 3 aliphatic carbocycles. The second-order valence-electron chi connectivity index (χ2n) is 7.37. The van der Waals surface area contributed by atoms with Crippen molar-refractivity contribution in [3.8, 4) is 0 Å². The first kappa shape index (κ1) is 12.1. The molecule has 110 valence electrons. The number of aryl methyl sites for hydroxylation is 1. The zero-order valence-electron chi connectivity index (χ0n) is 12.6. The number of hydrogen-bond acceptors (Lipinski definition) is 2. The molecule has 2 N–H and O–H groups in total. The Kier molecular flexibility index (Phi) is 2.31. The van der Waals surface area contributed by atoms with E-state index in [1.165, 1.54) is 30.6 Å². The van der Waals surface area contributed by atoms with Gasteiger partial charge in [-0.2, -0.15) is 0 Å². The number of fused-ring (bicyclic) bond motifs is 6. The van der Waals surface area contributed by atoms with Crippen LogP contribution in [0.1, 0.15) is 44.5 Å². The Bertz CT molecular complexity index is 701. The summed E-state index contributed by atoms with van der Waals surface area (Å²) in [4.78, 5) is 4.91. The fraction of sp³-hybridized carbons (Fsp3) is 0.611. The van der Waals surface area contributed by atoms with E-state index in [0.29, 0.717) is 0 Å². The average molecular weight is 281 g/mol. The first-order valence-corrected chi connectivity index (χ1v) is 8.54. The molecule has 2 bridgehead atoms. The van der Waals surface area contributed by atoms with Crippen LogP contribution in [-0.2, 0) is 6.42 Å². The highest BCUT2D eigenvalue weighted by Gasteiger charge is 2.66. The van der Waals surface area contributed by atoms with E-state index in [9.17, 15) is 0 Å². The van der Waals surface area contributed by atoms with Gasteiger partial charge in [0.1, 0.15) is 5.82 Å². The monoisotopic (exact) mass is 281 g/mol. The van der Waals surface area contributed by atoms with Crippen molar-refractivity contribution in [2.75, 3.05) is 5.73 Å². The van der Waals surface area contributed by atoms with E-state index >= 15 is 0 Å². The second kappa shape index (κ2) is 4.02. The van der Waals surface area contributed by atoms with Crippen molar-refractivity contribution >= 4 is 16.7 Å². The number of hydrogen-bond donors (Lipinski definition) is 1. The highest BCUT2D eigenvalue weighted by molar-refractivity contribution is 5.80. The van der Waals surface area contributed by atoms with Crippen LogP contribution in [0.4, 0.5) is 5.69 Å². The first-order valence-electron chi connectivity index (χ1n) is 8.54. The van der Waals surface area contributed by atoms with Crippen molar-refractivity contribution in [2.45, 2.75) is 45.1 Å². The van der Waals surface area contributed by atoms with Crippen molar-refractivity contribution in [1.29, 1.82) is 0 Å². The molecule has 3 heteroatoms. The largest absolute Gasteiger partial charge is 0.399 e. The van der Waals surface area contributed by atoms with Crippen LogP contribution in [0.5, 0.6) is 0 Å². The van der Waals surface area contributed by atoms with E-state index in [4.69, 9.17) is 10.7 Å². The molecule has 2 aromatic rings. The van der Waals surface area contributed by atoms with Gasteiger partial charge in [0.05, 0.1) is 11.0 Å². The molecular formula is C18H23N3. The standard InChI is InChI=1S/C18H23N3/c1-2-3-15-20-13-9-12(19)6-7-14(13)21(15)18-16-10-4-5-11(8-10)17(16)18/h6-7,9-11,16-18H,2-5,8,19H2,1H3. The summed E-state index contributed by atoms with van der Waals surface area (Å²) in [5, 5.41) is 0. The van der Waals surface area contributed by atoms with Gasteiger partial charge in [0.15, 0.2) is 0 Å². The van der Waals surface area contributed by atoms with E-state index in [0.717, 1.165) is 53.8 Å². The van der Waals surface area contributed by atoms with Crippen LogP contribution in [-0.4, -0.2) is 9.55 Å². The number of rotatable bonds is 3. The number of imidazole rings is 1. The van der Waals surface area contributed by atoms with Gasteiger partial charge in [0.2, 0.25) is 0 Å². The maximum Gasteiger partial charge on any atom is 0.110 e. The topological polar surface area (TPSA) is 43.8 Å². The molecule has 0 aliphatic heterocycles. The van der Waals surface area contributed by atoms with Gasteiger partial charge in [-0.25, -0.2) is 4.98 Å². The number of benzene rings is 1. The highest BCUT2D eigenvalue weighted by atomic mass is 15.2. The molecular weight excluding hydrogens is 258 g/mol. The molecule has 4 atom stereocenters. The van der Waals surface area contributed by atoms with Gasteiger partial charge in [0, 0.05) is 18.2 Å². The maximum absolute atomic E-state index is 5.95. The lowest BCUT2D eigenvalue weighted by Gasteiger charge is -2.14. The number of nitrogens with two attached hydrogens (primary N) is 1. The molecule has 4 unspecified atom stereocenters. The summed E-state index contributed by atoms with van der Waals surface area (Å²) in [5.41, 5.74) is 9.18. The fourth-order valence-corrected chi connectivity index (χ4v) is 5.52. The summed E-state index contributed by atoms with van der Waals surface area (Å²) in [6.07, 6.45) is 6.71. The van der Waals surface area contributed by atoms with Crippen LogP contribution in [0.15, 0.2) is 18.2 Å². The quantitative estimate of drug-likeness (QED) is 0.870. The van der Waals surface area contributed by atoms with E-state index in [1.807, 2.05) is 12.1 Å². The normalized spacial score (nSPS) is 36.3. The third-order valence-corrected chi connectivity index (χ3v) is 6.25. The first-order chi connectivity index (χ1) is 10.3. The van der Waals surface area contributed by atoms with Crippen molar-refractivity contribution in [3.63, 3.8) is 0 Å². The zero-order valence-corrected chi connectivity index (χ0v) is 12.6. The molecule has 3 saturated carbocycles. The average Bonchev–Trinajstić information content (AvgIpc) is 2.82. The van der Waals surface area contributed by atoms with Crippen LogP contribution in [0.2, 0.25) is 0 Å². The molecule has 3 fully saturated rings. The summed E-state index contributed by atoms with van der Waals surface area (Å²) in [6, 6.07) is 7.00. The van der Waals surface area contributed by atoms with Gasteiger partial charge in [0.25, 0.3) is 0 Å². The number of nitrogens with zero attached hydrogens (tertiary/aromatic N) is 2.